The van der Waals surface area contributed by atoms with Gasteiger partial charge in [-0.05, 0) is 60.6 Å². The minimum absolute atomic E-state index is 0.0000841. The van der Waals surface area contributed by atoms with Crippen molar-refractivity contribution in [2.75, 3.05) is 11.9 Å². The van der Waals surface area contributed by atoms with Gasteiger partial charge in [-0.3, -0.25) is 4.79 Å². The van der Waals surface area contributed by atoms with Gasteiger partial charge in [0, 0.05) is 5.69 Å². The first-order chi connectivity index (χ1) is 11.2. The third kappa shape index (κ3) is 4.38. The summed E-state index contributed by atoms with van der Waals surface area (Å²) in [6.07, 6.45) is 0. The van der Waals surface area contributed by atoms with Gasteiger partial charge in [0.05, 0.1) is 0 Å². The molecule has 0 heterocycles. The van der Waals surface area contributed by atoms with E-state index in [0.29, 0.717) is 0 Å². The molecule has 0 saturated carbocycles. The number of rotatable bonds is 4. The van der Waals surface area contributed by atoms with E-state index in [-0.39, 0.29) is 17.9 Å². The van der Waals surface area contributed by atoms with Gasteiger partial charge >= 0.3 is 0 Å². The molecule has 2 aromatic rings. The fourth-order valence-electron chi connectivity index (χ4n) is 2.58. The number of carbonyl (C=O) groups excluding carboxylic acids is 1. The van der Waals surface area contributed by atoms with Crippen molar-refractivity contribution in [3.8, 4) is 5.75 Å². The summed E-state index contributed by atoms with van der Waals surface area (Å²) in [4.78, 5) is 12.3. The van der Waals surface area contributed by atoms with Crippen molar-refractivity contribution in [1.29, 1.82) is 0 Å². The lowest BCUT2D eigenvalue weighted by atomic mass is 9.86. The van der Waals surface area contributed by atoms with Crippen LogP contribution < -0.4 is 10.1 Å². The van der Waals surface area contributed by atoms with Crippen LogP contribution in [0, 0.1) is 20.8 Å². The Bertz CT molecular complexity index is 742. The molecule has 1 N–H and O–H groups in total. The number of carbonyl (C=O) groups is 1. The Morgan fingerprint density at radius 1 is 1.08 bits per heavy atom. The third-order valence-corrected chi connectivity index (χ3v) is 4.18. The van der Waals surface area contributed by atoms with Crippen molar-refractivity contribution in [1.82, 2.24) is 0 Å². The number of hydrogen-bond donors (Lipinski definition) is 1. The molecule has 0 spiro atoms. The molecule has 2 rings (SSSR count). The lowest BCUT2D eigenvalue weighted by Crippen LogP contribution is -2.22. The van der Waals surface area contributed by atoms with Crippen molar-refractivity contribution in [2.45, 2.75) is 47.0 Å². The van der Waals surface area contributed by atoms with Crippen molar-refractivity contribution in [3.05, 3.63) is 58.7 Å². The third-order valence-electron chi connectivity index (χ3n) is 4.18. The lowest BCUT2D eigenvalue weighted by Gasteiger charge is -2.23. The molecule has 2 aromatic carbocycles. The molecule has 0 aliphatic heterocycles. The topological polar surface area (TPSA) is 38.3 Å². The Morgan fingerprint density at radius 2 is 1.79 bits per heavy atom. The molecule has 128 valence electrons. The molecule has 0 bridgehead atoms. The molecule has 0 aromatic heterocycles. The second-order valence-electron chi connectivity index (χ2n) is 7.33. The summed E-state index contributed by atoms with van der Waals surface area (Å²) in [6.45, 7) is 12.5. The lowest BCUT2D eigenvalue weighted by molar-refractivity contribution is -0.118. The maximum atomic E-state index is 12.3. The zero-order chi connectivity index (χ0) is 17.9. The Labute approximate surface area is 145 Å². The van der Waals surface area contributed by atoms with Gasteiger partial charge in [0.25, 0.3) is 5.91 Å². The van der Waals surface area contributed by atoms with Gasteiger partial charge in [0.2, 0.25) is 0 Å². The predicted octanol–water partition coefficient (Wildman–Crippen LogP) is 4.93. The van der Waals surface area contributed by atoms with Gasteiger partial charge in [-0.2, -0.15) is 0 Å². The maximum Gasteiger partial charge on any atom is 0.262 e. The van der Waals surface area contributed by atoms with Crippen molar-refractivity contribution >= 4 is 11.6 Å². The highest BCUT2D eigenvalue weighted by Gasteiger charge is 2.19. The Balaban J connectivity index is 2.09. The molecule has 24 heavy (non-hydrogen) atoms. The minimum atomic E-state index is -0.148. The van der Waals surface area contributed by atoms with Gasteiger partial charge in [-0.15, -0.1) is 0 Å². The van der Waals surface area contributed by atoms with Crippen LogP contribution in [0.1, 0.15) is 43.0 Å². The highest BCUT2D eigenvalue weighted by molar-refractivity contribution is 5.92. The number of nitrogens with one attached hydrogen (secondary N) is 1. The molecule has 0 atom stereocenters. The van der Waals surface area contributed by atoms with E-state index in [9.17, 15) is 4.79 Å². The summed E-state index contributed by atoms with van der Waals surface area (Å²) in [7, 11) is 0. The summed E-state index contributed by atoms with van der Waals surface area (Å²) in [5.41, 5.74) is 5.26. The fourth-order valence-corrected chi connectivity index (χ4v) is 2.58. The number of hydrogen-bond acceptors (Lipinski definition) is 2. The van der Waals surface area contributed by atoms with E-state index < -0.39 is 0 Å². The summed E-state index contributed by atoms with van der Waals surface area (Å²) in [5, 5.41) is 2.93. The summed E-state index contributed by atoms with van der Waals surface area (Å²) in [6, 6.07) is 12.0. The van der Waals surface area contributed by atoms with Crippen LogP contribution in [0.25, 0.3) is 0 Å². The molecule has 0 saturated heterocycles. The normalized spacial score (nSPS) is 11.2. The zero-order valence-corrected chi connectivity index (χ0v) is 15.5. The molecular weight excluding hydrogens is 298 g/mol. The smallest absolute Gasteiger partial charge is 0.262 e. The summed E-state index contributed by atoms with van der Waals surface area (Å²) < 4.78 is 5.84. The SMILES string of the molecule is Cc1ccc(C(C)(C)C)c(OCC(=O)Nc2cccc(C)c2C)c1. The van der Waals surface area contributed by atoms with Gasteiger partial charge in [0.15, 0.2) is 6.61 Å². The van der Waals surface area contributed by atoms with Gasteiger partial charge in [-0.1, -0.05) is 45.0 Å². The van der Waals surface area contributed by atoms with Crippen LogP contribution in [0.5, 0.6) is 5.75 Å². The highest BCUT2D eigenvalue weighted by Crippen LogP contribution is 2.32. The Morgan fingerprint density at radius 3 is 2.46 bits per heavy atom. The number of aryl methyl sites for hydroxylation is 2. The summed E-state index contributed by atoms with van der Waals surface area (Å²) in [5.74, 6) is 0.628. The quantitative estimate of drug-likeness (QED) is 0.866. The van der Waals surface area contributed by atoms with E-state index in [1.54, 1.807) is 0 Å². The van der Waals surface area contributed by atoms with Crippen molar-refractivity contribution < 1.29 is 9.53 Å². The van der Waals surface area contributed by atoms with Crippen molar-refractivity contribution in [3.63, 3.8) is 0 Å². The standard InChI is InChI=1S/C21H27NO2/c1-14-10-11-17(21(4,5)6)19(12-14)24-13-20(23)22-18-9-7-8-15(2)16(18)3/h7-12H,13H2,1-6H3,(H,22,23). The van der Waals surface area contributed by atoms with Crippen LogP contribution in [0.4, 0.5) is 5.69 Å². The van der Waals surface area contributed by atoms with E-state index in [2.05, 4.69) is 38.2 Å². The molecule has 0 fully saturated rings. The first-order valence-corrected chi connectivity index (χ1v) is 8.28. The molecule has 0 radical (unpaired) electrons. The average molecular weight is 325 g/mol. The number of benzene rings is 2. The maximum absolute atomic E-state index is 12.3. The molecule has 3 nitrogen and oxygen atoms in total. The zero-order valence-electron chi connectivity index (χ0n) is 15.5. The van der Waals surface area contributed by atoms with Gasteiger partial charge in [0.1, 0.15) is 5.75 Å². The van der Waals surface area contributed by atoms with E-state index in [4.69, 9.17) is 4.74 Å². The van der Waals surface area contributed by atoms with E-state index in [1.165, 1.54) is 0 Å². The number of anilines is 1. The molecule has 0 unspecified atom stereocenters. The van der Waals surface area contributed by atoms with Gasteiger partial charge < -0.3 is 10.1 Å². The molecule has 3 heteroatoms. The predicted molar refractivity (Wildman–Crippen MR) is 99.9 cm³/mol. The van der Waals surface area contributed by atoms with Crippen LogP contribution in [0.15, 0.2) is 36.4 Å². The van der Waals surface area contributed by atoms with Crippen LogP contribution >= 0.6 is 0 Å². The average Bonchev–Trinajstić information content (AvgIpc) is 2.48. The Kier molecular flexibility index (Phi) is 5.33. The van der Waals surface area contributed by atoms with E-state index in [0.717, 1.165) is 33.7 Å². The Hall–Kier alpha value is -2.29. The van der Waals surface area contributed by atoms with Crippen molar-refractivity contribution in [2.24, 2.45) is 0 Å². The van der Waals surface area contributed by atoms with E-state index in [1.807, 2.05) is 45.0 Å². The minimum Gasteiger partial charge on any atom is -0.483 e. The molecule has 0 aliphatic carbocycles. The first kappa shape index (κ1) is 18.1. The van der Waals surface area contributed by atoms with Gasteiger partial charge in [-0.25, -0.2) is 0 Å². The molecule has 1 amide bonds. The number of amides is 1. The second-order valence-corrected chi connectivity index (χ2v) is 7.33. The fraction of sp³-hybridized carbons (Fsp3) is 0.381. The molecular formula is C21H27NO2. The monoisotopic (exact) mass is 325 g/mol. The van der Waals surface area contributed by atoms with Crippen LogP contribution in [-0.2, 0) is 10.2 Å². The molecule has 0 aliphatic rings. The first-order valence-electron chi connectivity index (χ1n) is 8.28. The van der Waals surface area contributed by atoms with E-state index >= 15 is 0 Å². The number of ether oxygens (including phenoxy) is 1. The second kappa shape index (κ2) is 7.08. The van der Waals surface area contributed by atoms with Crippen LogP contribution in [0.3, 0.4) is 0 Å². The summed E-state index contributed by atoms with van der Waals surface area (Å²) >= 11 is 0. The largest absolute Gasteiger partial charge is 0.483 e. The van der Waals surface area contributed by atoms with Crippen LogP contribution in [-0.4, -0.2) is 12.5 Å². The van der Waals surface area contributed by atoms with Crippen LogP contribution in [0.2, 0.25) is 0 Å². The highest BCUT2D eigenvalue weighted by atomic mass is 16.5.